The highest BCUT2D eigenvalue weighted by Gasteiger charge is 2.46. The molecule has 22 rings (SSSR count). The fourth-order valence-electron chi connectivity index (χ4n) is 17.4. The predicted octanol–water partition coefficient (Wildman–Crippen LogP) is 26.8. The highest BCUT2D eigenvalue weighted by atomic mass is 16.3. The van der Waals surface area contributed by atoms with Crippen molar-refractivity contribution in [1.29, 1.82) is 0 Å². The van der Waals surface area contributed by atoms with Crippen LogP contribution in [-0.4, -0.2) is 15.8 Å². The van der Waals surface area contributed by atoms with Crippen LogP contribution in [0.3, 0.4) is 0 Å². The van der Waals surface area contributed by atoms with Gasteiger partial charge in [-0.25, -0.2) is 0 Å². The molecular weight excluding hydrogens is 1360 g/mol. The number of rotatable bonds is 11. The molecule has 17 aromatic carbocycles. The third kappa shape index (κ3) is 10.3. The van der Waals surface area contributed by atoms with Gasteiger partial charge in [-0.3, -0.25) is 0 Å². The monoisotopic (exact) mass is 1440 g/mol. The number of aromatic nitrogens is 2. The number of hydrogen-bond acceptors (Lipinski definition) is 3. The third-order valence-corrected chi connectivity index (χ3v) is 22.5. The van der Waals surface area contributed by atoms with E-state index in [9.17, 15) is 21.9 Å². The lowest BCUT2D eigenvalue weighted by atomic mass is 9.33. The van der Waals surface area contributed by atoms with Crippen LogP contribution in [0.2, 0.25) is 0 Å². The van der Waals surface area contributed by atoms with Crippen LogP contribution in [0.25, 0.3) is 155 Å². The van der Waals surface area contributed by atoms with Crippen LogP contribution in [0.5, 0.6) is 0 Å². The number of anilines is 6. The van der Waals surface area contributed by atoms with Crippen molar-refractivity contribution >= 4 is 123 Å². The van der Waals surface area contributed by atoms with Gasteiger partial charge in [0.25, 0.3) is 6.71 Å². The van der Waals surface area contributed by atoms with Crippen LogP contribution in [0.15, 0.2) is 392 Å². The smallest absolute Gasteiger partial charge is 0.252 e. The first-order valence-corrected chi connectivity index (χ1v) is 37.6. The summed E-state index contributed by atoms with van der Waals surface area (Å²) in [7, 11) is 0. The molecule has 0 atom stereocenters. The molecule has 2 aliphatic rings. The van der Waals surface area contributed by atoms with E-state index in [4.69, 9.17) is 4.42 Å². The Morgan fingerprint density at radius 2 is 0.652 bits per heavy atom. The molecule has 2 aliphatic heterocycles. The van der Waals surface area contributed by atoms with Gasteiger partial charge >= 0.3 is 0 Å². The maximum absolute atomic E-state index is 10.0. The van der Waals surface area contributed by atoms with E-state index in [2.05, 4.69) is 176 Å². The predicted molar refractivity (Wildman–Crippen MR) is 473 cm³/mol. The fourth-order valence-corrected chi connectivity index (χ4v) is 17.4. The average molecular weight is 1450 g/mol. The Morgan fingerprint density at radius 3 is 1.09 bits per heavy atom. The van der Waals surface area contributed by atoms with Gasteiger partial charge in [0.2, 0.25) is 0 Å². The summed E-state index contributed by atoms with van der Waals surface area (Å²) in [6.07, 6.45) is 0. The van der Waals surface area contributed by atoms with E-state index in [1.807, 2.05) is 146 Å². The van der Waals surface area contributed by atoms with Crippen LogP contribution >= 0.6 is 0 Å². The van der Waals surface area contributed by atoms with Crippen molar-refractivity contribution in [2.45, 2.75) is 26.2 Å². The van der Waals surface area contributed by atoms with E-state index in [1.165, 1.54) is 0 Å². The van der Waals surface area contributed by atoms with Crippen LogP contribution in [0.4, 0.5) is 34.1 Å². The second-order valence-electron chi connectivity index (χ2n) is 29.9. The summed E-state index contributed by atoms with van der Waals surface area (Å²) in [5, 5.41) is 1.40. The first kappa shape index (κ1) is 50.4. The molecule has 0 spiro atoms. The van der Waals surface area contributed by atoms with E-state index in [-0.39, 0.29) is 60.4 Å². The SMILES string of the molecule is [2H]c1c([2H])c([2H])c2c(c1[2H])c1c([2H])c([2H])c([2H])c([2H])c1n2-c1ccc2c(c1)N(c1c(-c3ccccc3)cc(-c3ccccc3)cc1-c1ccccc1)c1cc(-c3ccc(C(C)(C)C)cc3)cc3c1B2c1ccc(-n2c4c([2H])c([2H])c([2H])c([2H])c4c4c([2H])c([2H])c([2H])c([2H])c42)cc1N3c1c(-c2ccccc2)cc(-c2ccccc2)cc1-c1cccc2c1oc1ccccc12. The molecule has 112 heavy (non-hydrogen) atoms. The first-order valence-electron chi connectivity index (χ1n) is 45.6. The molecule has 0 amide bonds. The lowest BCUT2D eigenvalue weighted by Crippen LogP contribution is -2.61. The standard InChI is InChI=1S/C106H73BN4O/c1-106(2,3)77-54-52-70(53-55-77)76-64-99-102-100(65-76)111(104-89(73-38-17-8-18-39-73)62-75(69-32-11-5-12-33-69)63-90(104)86-46-29-45-85-84-44-23-28-51-101(84)112-105(85)86)98-67-79(109-95-49-26-21-42-82(95)83-43-22-27-50-96(83)109)57-59-92(98)107(102)91-58-56-78(108-93-47-24-19-40-80(93)81-41-20-25-48-94(81)108)66-97(91)110(99)103-87(71-34-13-6-14-35-71)60-74(68-30-9-4-10-31-68)61-88(103)72-36-15-7-16-37-72/h4-67H,1-3H3/i19D,20D,21D,22D,24D,25D,26D,27D,40D,41D,42D,43D,47D,48D,49D,50D. The lowest BCUT2D eigenvalue weighted by Gasteiger charge is -2.46. The zero-order chi connectivity index (χ0) is 88.2. The highest BCUT2D eigenvalue weighted by Crippen LogP contribution is 2.57. The number of para-hydroxylation sites is 6. The Balaban J connectivity index is 0.974. The molecule has 3 aromatic heterocycles. The Hall–Kier alpha value is -14.2. The summed E-state index contributed by atoms with van der Waals surface area (Å²) in [5.74, 6) is 0. The van der Waals surface area contributed by atoms with Gasteiger partial charge in [0, 0.05) is 94.3 Å². The Bertz CT molecular complexity index is 7970. The Labute approximate surface area is 673 Å². The Kier molecular flexibility index (Phi) is 11.6. The maximum atomic E-state index is 10.0. The van der Waals surface area contributed by atoms with E-state index < -0.39 is 103 Å². The fraction of sp³-hybridized carbons (Fsp3) is 0.0377. The number of nitrogens with zero attached hydrogens (tertiary/aromatic N) is 4. The topological polar surface area (TPSA) is 29.5 Å². The second-order valence-corrected chi connectivity index (χ2v) is 29.9. The van der Waals surface area contributed by atoms with Crippen LogP contribution in [0, 0.1) is 0 Å². The normalized spacial score (nSPS) is 14.5. The number of benzene rings is 17. The molecule has 0 saturated heterocycles. The van der Waals surface area contributed by atoms with Gasteiger partial charge < -0.3 is 23.4 Å². The van der Waals surface area contributed by atoms with E-state index in [1.54, 1.807) is 9.13 Å². The van der Waals surface area contributed by atoms with Crippen molar-refractivity contribution in [1.82, 2.24) is 9.13 Å². The molecule has 5 heterocycles. The molecule has 0 saturated carbocycles. The second kappa shape index (κ2) is 25.7. The summed E-state index contributed by atoms with van der Waals surface area (Å²) in [6.45, 7) is 5.69. The molecule has 20 aromatic rings. The van der Waals surface area contributed by atoms with Gasteiger partial charge in [-0.05, 0) is 168 Å². The lowest BCUT2D eigenvalue weighted by molar-refractivity contribution is 0.590. The van der Waals surface area contributed by atoms with E-state index >= 15 is 0 Å². The van der Waals surface area contributed by atoms with Crippen molar-refractivity contribution in [2.24, 2.45) is 0 Å². The van der Waals surface area contributed by atoms with Gasteiger partial charge in [-0.1, -0.05) is 318 Å². The van der Waals surface area contributed by atoms with Crippen molar-refractivity contribution < 1.29 is 26.3 Å². The average Bonchev–Trinajstić information content (AvgIpc) is 1.10. The number of hydrogen-bond donors (Lipinski definition) is 0. The first-order chi connectivity index (χ1) is 61.9. The molecule has 0 bridgehead atoms. The van der Waals surface area contributed by atoms with Crippen molar-refractivity contribution in [3.05, 3.63) is 393 Å². The number of furan rings is 1. The molecular formula is C106H73BN4O. The molecule has 5 nitrogen and oxygen atoms in total. The molecule has 0 radical (unpaired) electrons. The van der Waals surface area contributed by atoms with Crippen LogP contribution in [0.1, 0.15) is 48.3 Å². The van der Waals surface area contributed by atoms with Crippen molar-refractivity contribution in [3.8, 4) is 89.3 Å². The van der Waals surface area contributed by atoms with Crippen LogP contribution in [-0.2, 0) is 5.41 Å². The minimum absolute atomic E-state index is 0.0706. The minimum Gasteiger partial charge on any atom is -0.455 e. The molecule has 0 fully saturated rings. The number of fused-ring (bicyclic) bond motifs is 13. The van der Waals surface area contributed by atoms with Gasteiger partial charge in [0.1, 0.15) is 11.2 Å². The molecule has 6 heteroatoms. The summed E-state index contributed by atoms with van der Waals surface area (Å²) < 4.78 is 164. The quantitative estimate of drug-likeness (QED) is 0.121. The van der Waals surface area contributed by atoms with E-state index in [0.29, 0.717) is 50.5 Å². The molecule has 526 valence electrons. The van der Waals surface area contributed by atoms with Crippen LogP contribution < -0.4 is 26.2 Å². The molecule has 0 unspecified atom stereocenters. The minimum atomic E-state index is -0.853. The largest absolute Gasteiger partial charge is 0.455 e. The van der Waals surface area contributed by atoms with Gasteiger partial charge in [0.15, 0.2) is 0 Å². The summed E-state index contributed by atoms with van der Waals surface area (Å²) in [5.41, 5.74) is 19.9. The maximum Gasteiger partial charge on any atom is 0.252 e. The van der Waals surface area contributed by atoms with Gasteiger partial charge in [-0.15, -0.1) is 0 Å². The summed E-state index contributed by atoms with van der Waals surface area (Å²) in [4.78, 5) is 4.64. The van der Waals surface area contributed by atoms with Crippen molar-refractivity contribution in [2.75, 3.05) is 9.80 Å². The van der Waals surface area contributed by atoms with Gasteiger partial charge in [-0.2, -0.15) is 0 Å². The third-order valence-electron chi connectivity index (χ3n) is 22.5. The van der Waals surface area contributed by atoms with E-state index in [0.717, 1.165) is 105 Å². The molecule has 0 N–H and O–H groups in total. The summed E-state index contributed by atoms with van der Waals surface area (Å²) >= 11 is 0. The van der Waals surface area contributed by atoms with Gasteiger partial charge in [0.05, 0.1) is 55.4 Å². The summed E-state index contributed by atoms with van der Waals surface area (Å²) in [6, 6.07) is 90.7. The zero-order valence-corrected chi connectivity index (χ0v) is 61.0. The Morgan fingerprint density at radius 1 is 0.286 bits per heavy atom. The van der Waals surface area contributed by atoms with Crippen molar-refractivity contribution in [3.63, 3.8) is 0 Å². The zero-order valence-electron chi connectivity index (χ0n) is 77.0. The molecule has 0 aliphatic carbocycles. The highest BCUT2D eigenvalue weighted by molar-refractivity contribution is 7.00.